The van der Waals surface area contributed by atoms with Gasteiger partial charge in [0.05, 0.1) is 13.7 Å². The number of hydrogen-bond donors (Lipinski definition) is 0. The van der Waals surface area contributed by atoms with E-state index < -0.39 is 0 Å². The number of benzene rings is 2. The first-order valence-electron chi connectivity index (χ1n) is 12.5. The van der Waals surface area contributed by atoms with Gasteiger partial charge in [0.25, 0.3) is 0 Å². The fourth-order valence-corrected chi connectivity index (χ4v) is 3.72. The van der Waals surface area contributed by atoms with E-state index in [2.05, 4.69) is 52.0 Å². The molecule has 0 saturated carbocycles. The fraction of sp³-hybridized carbons (Fsp3) is 0.500. The number of methoxy groups -OCH3 is 1. The number of rotatable bonds is 14. The third-order valence-corrected chi connectivity index (χ3v) is 5.93. The van der Waals surface area contributed by atoms with Gasteiger partial charge in [-0.1, -0.05) is 96.9 Å². The van der Waals surface area contributed by atoms with Crippen molar-refractivity contribution in [2.75, 3.05) is 13.7 Å². The number of unbranched alkanes of at least 4 members (excludes halogenated alkanes) is 7. The number of hydrogen-bond acceptors (Lipinski definition) is 3. The van der Waals surface area contributed by atoms with Gasteiger partial charge in [0.1, 0.15) is 11.5 Å². The first kappa shape index (κ1) is 26.7. The average Bonchev–Trinajstić information content (AvgIpc) is 2.81. The van der Waals surface area contributed by atoms with Gasteiger partial charge in [-0.15, -0.1) is 0 Å². The van der Waals surface area contributed by atoms with Crippen molar-refractivity contribution in [1.29, 1.82) is 0 Å². The van der Waals surface area contributed by atoms with Crippen LogP contribution in [0.25, 0.3) is 5.76 Å². The quantitative estimate of drug-likeness (QED) is 0.125. The second-order valence-corrected chi connectivity index (χ2v) is 9.75. The van der Waals surface area contributed by atoms with Crippen molar-refractivity contribution in [3.8, 4) is 5.75 Å². The van der Waals surface area contributed by atoms with Crippen LogP contribution in [0.3, 0.4) is 0 Å². The van der Waals surface area contributed by atoms with E-state index >= 15 is 0 Å². The van der Waals surface area contributed by atoms with Gasteiger partial charge < -0.3 is 9.47 Å². The zero-order valence-electron chi connectivity index (χ0n) is 21.3. The Hall–Kier alpha value is -2.55. The van der Waals surface area contributed by atoms with Crippen LogP contribution >= 0.6 is 0 Å². The maximum absolute atomic E-state index is 12.9. The van der Waals surface area contributed by atoms with E-state index in [1.165, 1.54) is 44.1 Å². The number of allylic oxidation sites excluding steroid dienone is 1. The van der Waals surface area contributed by atoms with Crippen molar-refractivity contribution >= 4 is 11.5 Å². The van der Waals surface area contributed by atoms with E-state index in [1.54, 1.807) is 37.5 Å². The Morgan fingerprint density at radius 1 is 0.788 bits per heavy atom. The molecule has 3 heteroatoms. The molecule has 180 valence electrons. The van der Waals surface area contributed by atoms with Gasteiger partial charge in [-0.2, -0.15) is 0 Å². The lowest BCUT2D eigenvalue weighted by Crippen LogP contribution is -2.10. The average molecular weight is 451 g/mol. The van der Waals surface area contributed by atoms with E-state index in [0.29, 0.717) is 17.9 Å². The summed E-state index contributed by atoms with van der Waals surface area (Å²) in [5.41, 5.74) is 2.90. The van der Waals surface area contributed by atoms with Gasteiger partial charge >= 0.3 is 0 Å². The molecule has 0 radical (unpaired) electrons. The van der Waals surface area contributed by atoms with Crippen LogP contribution in [0, 0.1) is 0 Å². The lowest BCUT2D eigenvalue weighted by Gasteiger charge is -2.19. The Labute approximate surface area is 201 Å². The highest BCUT2D eigenvalue weighted by molar-refractivity contribution is 6.08. The molecule has 0 atom stereocenters. The van der Waals surface area contributed by atoms with E-state index in [0.717, 1.165) is 24.2 Å². The summed E-state index contributed by atoms with van der Waals surface area (Å²) in [7, 11) is 1.62. The van der Waals surface area contributed by atoms with Gasteiger partial charge in [-0.3, -0.25) is 4.79 Å². The molecule has 0 aliphatic rings. The fourth-order valence-electron chi connectivity index (χ4n) is 3.72. The van der Waals surface area contributed by atoms with Crippen LogP contribution in [0.15, 0.2) is 54.6 Å². The second-order valence-electron chi connectivity index (χ2n) is 9.75. The molecule has 0 spiro atoms. The maximum Gasteiger partial charge on any atom is 0.189 e. The topological polar surface area (TPSA) is 35.5 Å². The van der Waals surface area contributed by atoms with Crippen LogP contribution in [-0.2, 0) is 10.2 Å². The Kier molecular flexibility index (Phi) is 11.2. The van der Waals surface area contributed by atoms with Gasteiger partial charge in [-0.05, 0) is 41.7 Å². The number of ketones is 1. The van der Waals surface area contributed by atoms with Crippen molar-refractivity contribution in [2.45, 2.75) is 84.5 Å². The van der Waals surface area contributed by atoms with Crippen LogP contribution < -0.4 is 4.74 Å². The molecule has 3 nitrogen and oxygen atoms in total. The third kappa shape index (κ3) is 9.45. The first-order valence-corrected chi connectivity index (χ1v) is 12.5. The zero-order valence-corrected chi connectivity index (χ0v) is 21.3. The van der Waals surface area contributed by atoms with Crippen molar-refractivity contribution in [3.63, 3.8) is 0 Å². The number of ether oxygens (including phenoxy) is 2. The van der Waals surface area contributed by atoms with Gasteiger partial charge in [-0.25, -0.2) is 0 Å². The predicted octanol–water partition coefficient (Wildman–Crippen LogP) is 8.37. The molecule has 2 aromatic carbocycles. The molecule has 0 aromatic heterocycles. The maximum atomic E-state index is 12.9. The van der Waals surface area contributed by atoms with Crippen molar-refractivity contribution < 1.29 is 14.3 Å². The van der Waals surface area contributed by atoms with E-state index in [4.69, 9.17) is 9.47 Å². The van der Waals surface area contributed by atoms with E-state index in [1.807, 2.05) is 0 Å². The summed E-state index contributed by atoms with van der Waals surface area (Å²) in [6.45, 7) is 9.47. The molecule has 0 amide bonds. The normalized spacial score (nSPS) is 12.0. The van der Waals surface area contributed by atoms with Crippen molar-refractivity contribution in [3.05, 3.63) is 71.3 Å². The number of carbonyl (C=O) groups excluding carboxylic acids is 1. The second kappa shape index (κ2) is 13.9. The van der Waals surface area contributed by atoms with Crippen LogP contribution in [0.1, 0.15) is 101 Å². The highest BCUT2D eigenvalue weighted by atomic mass is 16.5. The summed E-state index contributed by atoms with van der Waals surface area (Å²) in [6, 6.07) is 15.6. The van der Waals surface area contributed by atoms with Gasteiger partial charge in [0, 0.05) is 17.2 Å². The molecule has 0 unspecified atom stereocenters. The van der Waals surface area contributed by atoms with E-state index in [9.17, 15) is 4.79 Å². The number of carbonyl (C=O) groups is 1. The predicted molar refractivity (Wildman–Crippen MR) is 139 cm³/mol. The highest BCUT2D eigenvalue weighted by Gasteiger charge is 2.15. The molecule has 0 N–H and O–H groups in total. The monoisotopic (exact) mass is 450 g/mol. The summed E-state index contributed by atoms with van der Waals surface area (Å²) in [4.78, 5) is 12.9. The Morgan fingerprint density at radius 2 is 1.33 bits per heavy atom. The molecule has 0 heterocycles. The molecule has 0 fully saturated rings. The van der Waals surface area contributed by atoms with Crippen molar-refractivity contribution in [1.82, 2.24) is 0 Å². The summed E-state index contributed by atoms with van der Waals surface area (Å²) in [6.07, 6.45) is 11.6. The lowest BCUT2D eigenvalue weighted by atomic mass is 9.86. The molecule has 0 bridgehead atoms. The van der Waals surface area contributed by atoms with Crippen LogP contribution in [-0.4, -0.2) is 19.5 Å². The first-order chi connectivity index (χ1) is 15.8. The van der Waals surface area contributed by atoms with E-state index in [-0.39, 0.29) is 11.2 Å². The molecule has 33 heavy (non-hydrogen) atoms. The lowest BCUT2D eigenvalue weighted by molar-refractivity contribution is 0.104. The van der Waals surface area contributed by atoms with Crippen LogP contribution in [0.4, 0.5) is 0 Å². The Bertz CT molecular complexity index is 855. The summed E-state index contributed by atoms with van der Waals surface area (Å²) >= 11 is 0. The smallest absolute Gasteiger partial charge is 0.189 e. The Morgan fingerprint density at radius 3 is 1.88 bits per heavy atom. The van der Waals surface area contributed by atoms with Crippen molar-refractivity contribution in [2.24, 2.45) is 0 Å². The molecule has 2 rings (SSSR count). The molecule has 0 saturated heterocycles. The zero-order chi connectivity index (χ0) is 24.1. The summed E-state index contributed by atoms with van der Waals surface area (Å²) in [5, 5.41) is 0. The minimum atomic E-state index is -0.0662. The SMILES string of the molecule is CCCCCCCCCCOC(=CC(=O)c1ccc(OC)cc1)c1ccc(C(C)(C)C)cc1. The van der Waals surface area contributed by atoms with Crippen LogP contribution in [0.2, 0.25) is 0 Å². The standard InChI is InChI=1S/C30H42O3/c1-6-7-8-9-10-11-12-13-22-33-29(25-14-18-26(19-15-25)30(2,3)4)23-28(31)24-16-20-27(32-5)21-17-24/h14-21,23H,6-13,22H2,1-5H3. The highest BCUT2D eigenvalue weighted by Crippen LogP contribution is 2.25. The molecule has 0 aliphatic carbocycles. The summed E-state index contributed by atoms with van der Waals surface area (Å²) < 4.78 is 11.4. The molecule has 0 aliphatic heterocycles. The largest absolute Gasteiger partial charge is 0.497 e. The van der Waals surface area contributed by atoms with Gasteiger partial charge in [0.15, 0.2) is 5.78 Å². The minimum absolute atomic E-state index is 0.0662. The van der Waals surface area contributed by atoms with Crippen LogP contribution in [0.5, 0.6) is 5.75 Å². The Balaban J connectivity index is 2.04. The third-order valence-electron chi connectivity index (χ3n) is 5.93. The molecular formula is C30H42O3. The van der Waals surface area contributed by atoms with Gasteiger partial charge in [0.2, 0.25) is 0 Å². The molecular weight excluding hydrogens is 408 g/mol. The summed E-state index contributed by atoms with van der Waals surface area (Å²) in [5.74, 6) is 1.31. The molecule has 2 aromatic rings. The minimum Gasteiger partial charge on any atom is -0.497 e.